The van der Waals surface area contributed by atoms with E-state index in [2.05, 4.69) is 4.98 Å². The average Bonchev–Trinajstić information content (AvgIpc) is 2.90. The third kappa shape index (κ3) is 2.64. The minimum absolute atomic E-state index is 0.122. The van der Waals surface area contributed by atoms with Gasteiger partial charge in [0.25, 0.3) is 5.69 Å². The lowest BCUT2D eigenvalue weighted by Gasteiger charge is -2.26. The van der Waals surface area contributed by atoms with E-state index in [9.17, 15) is 20.0 Å². The molecule has 0 aromatic carbocycles. The Kier molecular flexibility index (Phi) is 3.64. The molecule has 0 radical (unpaired) electrons. The van der Waals surface area contributed by atoms with Crippen LogP contribution in [0.5, 0.6) is 0 Å². The summed E-state index contributed by atoms with van der Waals surface area (Å²) >= 11 is 0. The summed E-state index contributed by atoms with van der Waals surface area (Å²) in [4.78, 5) is 27.0. The molecule has 0 spiro atoms. The van der Waals surface area contributed by atoms with Crippen LogP contribution in [-0.2, 0) is 0 Å². The summed E-state index contributed by atoms with van der Waals surface area (Å²) < 4.78 is 0. The molecule has 1 fully saturated rings. The molecule has 0 aliphatic heterocycles. The maximum Gasteiger partial charge on any atom is 0.339 e. The second-order valence-corrected chi connectivity index (χ2v) is 4.68. The third-order valence-electron chi connectivity index (χ3n) is 3.50. The van der Waals surface area contributed by atoms with Crippen molar-refractivity contribution in [2.45, 2.75) is 31.7 Å². The summed E-state index contributed by atoms with van der Waals surface area (Å²) in [6.07, 6.45) is 5.32. The highest BCUT2D eigenvalue weighted by Crippen LogP contribution is 2.29. The lowest BCUT2D eigenvalue weighted by molar-refractivity contribution is -0.385. The van der Waals surface area contributed by atoms with Crippen LogP contribution in [0.3, 0.4) is 0 Å². The maximum absolute atomic E-state index is 11.2. The predicted octanol–water partition coefficient (Wildman–Crippen LogP) is 2.07. The van der Waals surface area contributed by atoms with Crippen molar-refractivity contribution in [1.82, 2.24) is 4.98 Å². The largest absolute Gasteiger partial charge is 0.478 e. The van der Waals surface area contributed by atoms with Gasteiger partial charge in [-0.25, -0.2) is 9.78 Å². The molecule has 1 aliphatic rings. The Hall–Kier alpha value is -2.18. The van der Waals surface area contributed by atoms with Crippen LogP contribution in [0.25, 0.3) is 0 Å². The summed E-state index contributed by atoms with van der Waals surface area (Å²) in [5, 5.41) is 19.8. The molecule has 2 rings (SSSR count). The van der Waals surface area contributed by atoms with Crippen molar-refractivity contribution in [3.05, 3.63) is 27.9 Å². The van der Waals surface area contributed by atoms with Gasteiger partial charge in [0.1, 0.15) is 17.6 Å². The molecular weight excluding hydrogens is 250 g/mol. The molecule has 0 atom stereocenters. The van der Waals surface area contributed by atoms with Gasteiger partial charge in [-0.1, -0.05) is 12.8 Å². The van der Waals surface area contributed by atoms with E-state index in [-0.39, 0.29) is 17.3 Å². The fourth-order valence-corrected chi connectivity index (χ4v) is 2.45. The fraction of sp³-hybridized carbons (Fsp3) is 0.500. The SMILES string of the molecule is CN(c1ncc([N+](=O)[O-])cc1C(=O)O)C1CCCC1. The van der Waals surface area contributed by atoms with Crippen LogP contribution in [0.1, 0.15) is 36.0 Å². The van der Waals surface area contributed by atoms with Crippen molar-refractivity contribution in [3.63, 3.8) is 0 Å². The van der Waals surface area contributed by atoms with Crippen LogP contribution in [0, 0.1) is 10.1 Å². The lowest BCUT2D eigenvalue weighted by Crippen LogP contribution is -2.31. The number of aromatic nitrogens is 1. The van der Waals surface area contributed by atoms with Gasteiger partial charge in [-0.2, -0.15) is 0 Å². The summed E-state index contributed by atoms with van der Waals surface area (Å²) in [7, 11) is 1.79. The average molecular weight is 265 g/mol. The molecule has 7 heteroatoms. The van der Waals surface area contributed by atoms with Gasteiger partial charge in [0.15, 0.2) is 0 Å². The number of carbonyl (C=O) groups is 1. The number of nitrogens with zero attached hydrogens (tertiary/aromatic N) is 3. The maximum atomic E-state index is 11.2. The summed E-state index contributed by atoms with van der Waals surface area (Å²) in [6.45, 7) is 0. The lowest BCUT2D eigenvalue weighted by atomic mass is 10.1. The van der Waals surface area contributed by atoms with Gasteiger partial charge in [0.05, 0.1) is 4.92 Å². The molecule has 0 amide bonds. The van der Waals surface area contributed by atoms with Gasteiger partial charge in [-0.3, -0.25) is 10.1 Å². The number of nitro groups is 1. The number of anilines is 1. The minimum Gasteiger partial charge on any atom is -0.478 e. The van der Waals surface area contributed by atoms with Gasteiger partial charge in [0, 0.05) is 19.2 Å². The first-order chi connectivity index (χ1) is 9.00. The van der Waals surface area contributed by atoms with Crippen LogP contribution in [0.2, 0.25) is 0 Å². The molecule has 1 N–H and O–H groups in total. The highest BCUT2D eigenvalue weighted by Gasteiger charge is 2.26. The van der Waals surface area contributed by atoms with Gasteiger partial charge in [-0.15, -0.1) is 0 Å². The van der Waals surface area contributed by atoms with Crippen molar-refractivity contribution in [2.24, 2.45) is 0 Å². The first kappa shape index (κ1) is 13.3. The number of carboxylic acid groups (broad SMARTS) is 1. The molecule has 19 heavy (non-hydrogen) atoms. The summed E-state index contributed by atoms with van der Waals surface area (Å²) in [5.74, 6) is -0.902. The highest BCUT2D eigenvalue weighted by molar-refractivity contribution is 5.94. The molecule has 102 valence electrons. The first-order valence-electron chi connectivity index (χ1n) is 6.11. The number of hydrogen-bond donors (Lipinski definition) is 1. The van der Waals surface area contributed by atoms with Gasteiger partial charge >= 0.3 is 5.97 Å². The number of rotatable bonds is 4. The molecule has 0 unspecified atom stereocenters. The van der Waals surface area contributed by atoms with Gasteiger partial charge in [-0.05, 0) is 12.8 Å². The smallest absolute Gasteiger partial charge is 0.339 e. The minimum atomic E-state index is -1.20. The van der Waals surface area contributed by atoms with E-state index in [1.807, 2.05) is 4.90 Å². The van der Waals surface area contributed by atoms with E-state index in [0.717, 1.165) is 37.9 Å². The number of hydrogen-bond acceptors (Lipinski definition) is 5. The molecule has 1 saturated carbocycles. The Balaban J connectivity index is 2.38. The van der Waals surface area contributed by atoms with E-state index < -0.39 is 10.9 Å². The number of pyridine rings is 1. The fourth-order valence-electron chi connectivity index (χ4n) is 2.45. The van der Waals surface area contributed by atoms with Gasteiger partial charge < -0.3 is 10.0 Å². The monoisotopic (exact) mass is 265 g/mol. The third-order valence-corrected chi connectivity index (χ3v) is 3.50. The van der Waals surface area contributed by atoms with Crippen molar-refractivity contribution >= 4 is 17.5 Å². The molecular formula is C12H15N3O4. The van der Waals surface area contributed by atoms with Gasteiger partial charge in [0.2, 0.25) is 0 Å². The predicted molar refractivity (Wildman–Crippen MR) is 68.5 cm³/mol. The number of carboxylic acids is 1. The van der Waals surface area contributed by atoms with Crippen LogP contribution < -0.4 is 4.90 Å². The van der Waals surface area contributed by atoms with E-state index in [0.29, 0.717) is 5.82 Å². The molecule has 0 bridgehead atoms. The second-order valence-electron chi connectivity index (χ2n) is 4.68. The zero-order valence-electron chi connectivity index (χ0n) is 10.6. The van der Waals surface area contributed by atoms with E-state index >= 15 is 0 Å². The molecule has 1 aromatic rings. The van der Waals surface area contributed by atoms with Crippen LogP contribution >= 0.6 is 0 Å². The zero-order chi connectivity index (χ0) is 14.0. The van der Waals surface area contributed by atoms with Crippen LogP contribution in [-0.4, -0.2) is 34.1 Å². The molecule has 1 aliphatic carbocycles. The molecule has 1 heterocycles. The standard InChI is InChI=1S/C12H15N3O4/c1-14(8-4-2-3-5-8)11-10(12(16)17)6-9(7-13-11)15(18)19/h6-8H,2-5H2,1H3,(H,16,17). The Morgan fingerprint density at radius 1 is 1.53 bits per heavy atom. The second kappa shape index (κ2) is 5.21. The van der Waals surface area contributed by atoms with Crippen LogP contribution in [0.15, 0.2) is 12.3 Å². The van der Waals surface area contributed by atoms with E-state index in [4.69, 9.17) is 0 Å². The molecule has 1 aromatic heterocycles. The normalized spacial score (nSPS) is 15.4. The summed E-state index contributed by atoms with van der Waals surface area (Å²) in [6, 6.07) is 1.32. The van der Waals surface area contributed by atoms with Crippen LogP contribution in [0.4, 0.5) is 11.5 Å². The number of aromatic carboxylic acids is 1. The summed E-state index contributed by atoms with van der Waals surface area (Å²) in [5.41, 5.74) is -0.426. The highest BCUT2D eigenvalue weighted by atomic mass is 16.6. The Labute approximate surface area is 110 Å². The zero-order valence-corrected chi connectivity index (χ0v) is 10.6. The Morgan fingerprint density at radius 3 is 2.68 bits per heavy atom. The van der Waals surface area contributed by atoms with Crippen molar-refractivity contribution in [1.29, 1.82) is 0 Å². The van der Waals surface area contributed by atoms with Crippen molar-refractivity contribution < 1.29 is 14.8 Å². The van der Waals surface area contributed by atoms with Crippen molar-refractivity contribution in [3.8, 4) is 0 Å². The quantitative estimate of drug-likeness (QED) is 0.661. The topological polar surface area (TPSA) is 96.6 Å². The van der Waals surface area contributed by atoms with E-state index in [1.54, 1.807) is 7.05 Å². The molecule has 7 nitrogen and oxygen atoms in total. The Bertz CT molecular complexity index is 512. The molecule has 0 saturated heterocycles. The Morgan fingerprint density at radius 2 is 2.16 bits per heavy atom. The van der Waals surface area contributed by atoms with Crippen molar-refractivity contribution in [2.75, 3.05) is 11.9 Å². The van der Waals surface area contributed by atoms with E-state index in [1.165, 1.54) is 0 Å². The first-order valence-corrected chi connectivity index (χ1v) is 6.11.